The summed E-state index contributed by atoms with van der Waals surface area (Å²) in [6.45, 7) is 4.77. The van der Waals surface area contributed by atoms with Gasteiger partial charge in [0, 0.05) is 45.7 Å². The lowest BCUT2D eigenvalue weighted by Crippen LogP contribution is -2.47. The van der Waals surface area contributed by atoms with Crippen molar-refractivity contribution in [3.05, 3.63) is 35.4 Å². The van der Waals surface area contributed by atoms with Gasteiger partial charge >= 0.3 is 0 Å². The lowest BCUT2D eigenvalue weighted by Gasteiger charge is -2.40. The molecule has 4 aliphatic rings. The van der Waals surface area contributed by atoms with Crippen LogP contribution in [0.5, 0.6) is 0 Å². The van der Waals surface area contributed by atoms with E-state index in [-0.39, 0.29) is 22.5 Å². The molecule has 1 aromatic rings. The van der Waals surface area contributed by atoms with Gasteiger partial charge in [-0.1, -0.05) is 24.3 Å². The Balaban J connectivity index is 1.30. The molecule has 2 saturated heterocycles. The van der Waals surface area contributed by atoms with Gasteiger partial charge in [0.1, 0.15) is 0 Å². The summed E-state index contributed by atoms with van der Waals surface area (Å²) in [5, 5.41) is -0.128. The van der Waals surface area contributed by atoms with E-state index in [9.17, 15) is 13.2 Å². The van der Waals surface area contributed by atoms with E-state index in [0.29, 0.717) is 19.5 Å². The SMILES string of the molecule is CN1CCN(C(=O)C[C@@H]2CC3(CCN(S(=O)(=O)C4CC4)CC3)c3ccccc32)CC1. The van der Waals surface area contributed by atoms with Crippen molar-refractivity contribution in [2.75, 3.05) is 46.3 Å². The Kier molecular flexibility index (Phi) is 5.19. The van der Waals surface area contributed by atoms with Crippen LogP contribution in [0.1, 0.15) is 55.6 Å². The maximum atomic E-state index is 13.0. The van der Waals surface area contributed by atoms with Crippen molar-refractivity contribution in [2.45, 2.75) is 55.1 Å². The molecule has 1 atom stereocenters. The number of benzene rings is 1. The van der Waals surface area contributed by atoms with Gasteiger partial charge < -0.3 is 9.80 Å². The molecule has 1 amide bonds. The van der Waals surface area contributed by atoms with E-state index in [1.54, 1.807) is 4.31 Å². The number of likely N-dealkylation sites (N-methyl/N-ethyl adjacent to an activating group) is 1. The molecule has 6 nitrogen and oxygen atoms in total. The maximum absolute atomic E-state index is 13.0. The lowest BCUT2D eigenvalue weighted by molar-refractivity contribution is -0.133. The number of carbonyl (C=O) groups is 1. The summed E-state index contributed by atoms with van der Waals surface area (Å²) in [6, 6.07) is 8.59. The Morgan fingerprint density at radius 1 is 1.03 bits per heavy atom. The van der Waals surface area contributed by atoms with Crippen molar-refractivity contribution >= 4 is 15.9 Å². The van der Waals surface area contributed by atoms with E-state index in [1.807, 2.05) is 4.90 Å². The van der Waals surface area contributed by atoms with E-state index in [4.69, 9.17) is 0 Å². The van der Waals surface area contributed by atoms with Crippen LogP contribution in [-0.2, 0) is 20.2 Å². The number of hydrogen-bond donors (Lipinski definition) is 0. The number of fused-ring (bicyclic) bond motifs is 2. The minimum atomic E-state index is -3.10. The molecule has 1 aromatic carbocycles. The summed E-state index contributed by atoms with van der Waals surface area (Å²) in [4.78, 5) is 17.3. The molecular weight excluding hydrogens is 398 g/mol. The highest BCUT2D eigenvalue weighted by molar-refractivity contribution is 7.90. The molecule has 0 aromatic heterocycles. The average molecular weight is 432 g/mol. The minimum Gasteiger partial charge on any atom is -0.340 e. The summed E-state index contributed by atoms with van der Waals surface area (Å²) in [6.07, 6.45) is 4.94. The smallest absolute Gasteiger partial charge is 0.223 e. The van der Waals surface area contributed by atoms with Gasteiger partial charge in [-0.25, -0.2) is 12.7 Å². The fraction of sp³-hybridized carbons (Fsp3) is 0.696. The standard InChI is InChI=1S/C23H33N3O3S/c1-24-12-14-25(15-13-24)22(27)16-18-17-23(21-5-3-2-4-20(18)21)8-10-26(11-9-23)30(28,29)19-6-7-19/h2-5,18-19H,6-17H2,1H3/t18-/m1/s1. The summed E-state index contributed by atoms with van der Waals surface area (Å²) in [5.41, 5.74) is 2.71. The van der Waals surface area contributed by atoms with E-state index >= 15 is 0 Å². The molecule has 2 heterocycles. The molecule has 1 spiro atoms. The van der Waals surface area contributed by atoms with Crippen LogP contribution in [0.3, 0.4) is 0 Å². The normalized spacial score (nSPS) is 27.4. The molecule has 0 unspecified atom stereocenters. The Bertz CT molecular complexity index is 911. The van der Waals surface area contributed by atoms with Crippen LogP contribution in [-0.4, -0.2) is 80.0 Å². The summed E-state index contributed by atoms with van der Waals surface area (Å²) in [5.74, 6) is 0.522. The van der Waals surface area contributed by atoms with E-state index in [1.165, 1.54) is 11.1 Å². The van der Waals surface area contributed by atoms with Crippen molar-refractivity contribution in [3.63, 3.8) is 0 Å². The van der Waals surface area contributed by atoms with Gasteiger partial charge in [-0.05, 0) is 61.6 Å². The molecule has 5 rings (SSSR count). The zero-order valence-corrected chi connectivity index (χ0v) is 18.7. The first kappa shape index (κ1) is 20.5. The molecular formula is C23H33N3O3S. The van der Waals surface area contributed by atoms with Crippen LogP contribution in [0, 0.1) is 0 Å². The molecule has 0 N–H and O–H groups in total. The molecule has 0 radical (unpaired) electrons. The van der Waals surface area contributed by atoms with Crippen molar-refractivity contribution in [2.24, 2.45) is 0 Å². The number of sulfonamides is 1. The topological polar surface area (TPSA) is 60.9 Å². The first-order valence-electron chi connectivity index (χ1n) is 11.4. The molecule has 3 fully saturated rings. The van der Waals surface area contributed by atoms with Crippen LogP contribution in [0.25, 0.3) is 0 Å². The fourth-order valence-electron chi connectivity index (χ4n) is 5.82. The van der Waals surface area contributed by atoms with Gasteiger partial charge in [-0.2, -0.15) is 0 Å². The van der Waals surface area contributed by atoms with Gasteiger partial charge in [0.15, 0.2) is 0 Å². The largest absolute Gasteiger partial charge is 0.340 e. The number of nitrogens with zero attached hydrogens (tertiary/aromatic N) is 3. The molecule has 0 bridgehead atoms. The van der Waals surface area contributed by atoms with Gasteiger partial charge in [-0.3, -0.25) is 4.79 Å². The van der Waals surface area contributed by atoms with Crippen LogP contribution >= 0.6 is 0 Å². The van der Waals surface area contributed by atoms with E-state index in [2.05, 4.69) is 36.2 Å². The second kappa shape index (κ2) is 7.61. The second-order valence-electron chi connectivity index (χ2n) is 9.80. The summed E-state index contributed by atoms with van der Waals surface area (Å²) in [7, 11) is -0.990. The van der Waals surface area contributed by atoms with Crippen molar-refractivity contribution in [1.29, 1.82) is 0 Å². The van der Waals surface area contributed by atoms with Crippen LogP contribution in [0.2, 0.25) is 0 Å². The number of rotatable bonds is 4. The molecule has 7 heteroatoms. The summed E-state index contributed by atoms with van der Waals surface area (Å²) < 4.78 is 27.1. The predicted octanol–water partition coefficient (Wildman–Crippen LogP) is 2.16. The highest BCUT2D eigenvalue weighted by Crippen LogP contribution is 2.53. The Labute approximate surface area is 180 Å². The highest BCUT2D eigenvalue weighted by atomic mass is 32.2. The number of hydrogen-bond acceptors (Lipinski definition) is 4. The minimum absolute atomic E-state index is 0.0270. The molecule has 2 aliphatic heterocycles. The van der Waals surface area contributed by atoms with Crippen LogP contribution < -0.4 is 0 Å². The Morgan fingerprint density at radius 3 is 2.37 bits per heavy atom. The van der Waals surface area contributed by atoms with Gasteiger partial charge in [0.05, 0.1) is 5.25 Å². The molecule has 164 valence electrons. The monoisotopic (exact) mass is 431 g/mol. The first-order chi connectivity index (χ1) is 14.4. The number of amides is 1. The van der Waals surface area contributed by atoms with Crippen molar-refractivity contribution < 1.29 is 13.2 Å². The zero-order valence-electron chi connectivity index (χ0n) is 17.9. The third kappa shape index (κ3) is 3.59. The molecule has 2 aliphatic carbocycles. The van der Waals surface area contributed by atoms with Gasteiger partial charge in [0.2, 0.25) is 15.9 Å². The van der Waals surface area contributed by atoms with Gasteiger partial charge in [-0.15, -0.1) is 0 Å². The lowest BCUT2D eigenvalue weighted by atomic mass is 9.73. The Morgan fingerprint density at radius 2 is 1.70 bits per heavy atom. The molecule has 1 saturated carbocycles. The highest BCUT2D eigenvalue weighted by Gasteiger charge is 2.49. The fourth-order valence-corrected chi connectivity index (χ4v) is 7.67. The Hall–Kier alpha value is -1.44. The number of piperazine rings is 1. The second-order valence-corrected chi connectivity index (χ2v) is 12.0. The van der Waals surface area contributed by atoms with E-state index in [0.717, 1.165) is 58.3 Å². The zero-order chi connectivity index (χ0) is 20.9. The van der Waals surface area contributed by atoms with Gasteiger partial charge in [0.25, 0.3) is 0 Å². The first-order valence-corrected chi connectivity index (χ1v) is 12.9. The van der Waals surface area contributed by atoms with Crippen molar-refractivity contribution in [3.8, 4) is 0 Å². The van der Waals surface area contributed by atoms with E-state index < -0.39 is 10.0 Å². The predicted molar refractivity (Wildman–Crippen MR) is 117 cm³/mol. The number of piperidine rings is 1. The third-order valence-electron chi connectivity index (χ3n) is 7.87. The average Bonchev–Trinajstić information content (AvgIpc) is 3.57. The quantitative estimate of drug-likeness (QED) is 0.733. The van der Waals surface area contributed by atoms with Crippen LogP contribution in [0.4, 0.5) is 0 Å². The molecule has 30 heavy (non-hydrogen) atoms. The number of carbonyl (C=O) groups excluding carboxylic acids is 1. The van der Waals surface area contributed by atoms with Crippen LogP contribution in [0.15, 0.2) is 24.3 Å². The summed E-state index contributed by atoms with van der Waals surface area (Å²) >= 11 is 0. The third-order valence-corrected chi connectivity index (χ3v) is 10.3. The van der Waals surface area contributed by atoms with Crippen molar-refractivity contribution in [1.82, 2.24) is 14.1 Å². The maximum Gasteiger partial charge on any atom is 0.223 e.